The molecule has 0 amide bonds. The smallest absolute Gasteiger partial charge is 0.123 e. The minimum atomic E-state index is -0.234. The second-order valence-electron chi connectivity index (χ2n) is 5.90. The fourth-order valence-electron chi connectivity index (χ4n) is 2.99. The highest BCUT2D eigenvalue weighted by Gasteiger charge is 2.20. The van der Waals surface area contributed by atoms with Crippen LogP contribution in [0.25, 0.3) is 0 Å². The molecular weight excluding hydrogens is 263 g/mol. The van der Waals surface area contributed by atoms with Crippen LogP contribution in [0.2, 0.25) is 0 Å². The third kappa shape index (κ3) is 2.85. The molecule has 1 fully saturated rings. The first kappa shape index (κ1) is 14.2. The van der Waals surface area contributed by atoms with Crippen LogP contribution >= 0.6 is 0 Å². The predicted octanol–water partition coefficient (Wildman–Crippen LogP) is 3.95. The summed E-state index contributed by atoms with van der Waals surface area (Å²) in [5.74, 6) is 6.21. The number of aryl methyl sites for hydroxylation is 1. The fraction of sp³-hybridized carbons (Fsp3) is 0.333. The Balaban J connectivity index is 1.90. The standard InChI is InChI=1S/C18H21FN2/c1-12-5-10-16(19)11-17(12)18(21-20)15-8-6-14(7-9-15)13-3-2-4-13/h5-11,13,18,21H,2-4,20H2,1H3. The van der Waals surface area contributed by atoms with Gasteiger partial charge in [-0.15, -0.1) is 0 Å². The summed E-state index contributed by atoms with van der Waals surface area (Å²) in [6, 6.07) is 13.2. The Labute approximate surface area is 125 Å². The molecule has 0 bridgehead atoms. The summed E-state index contributed by atoms with van der Waals surface area (Å²) in [5.41, 5.74) is 7.19. The number of nitrogens with one attached hydrogen (secondary N) is 1. The highest BCUT2D eigenvalue weighted by molar-refractivity contribution is 5.38. The maximum absolute atomic E-state index is 13.5. The highest BCUT2D eigenvalue weighted by Crippen LogP contribution is 2.37. The van der Waals surface area contributed by atoms with Gasteiger partial charge in [0.1, 0.15) is 5.82 Å². The molecule has 0 saturated heterocycles. The zero-order chi connectivity index (χ0) is 14.8. The average Bonchev–Trinajstić information content (AvgIpc) is 2.43. The summed E-state index contributed by atoms with van der Waals surface area (Å²) >= 11 is 0. The van der Waals surface area contributed by atoms with E-state index >= 15 is 0 Å². The van der Waals surface area contributed by atoms with Crippen molar-refractivity contribution in [2.45, 2.75) is 38.1 Å². The van der Waals surface area contributed by atoms with Crippen LogP contribution in [0.15, 0.2) is 42.5 Å². The summed E-state index contributed by atoms with van der Waals surface area (Å²) in [6.07, 6.45) is 3.92. The molecule has 0 spiro atoms. The van der Waals surface area contributed by atoms with Gasteiger partial charge in [0.25, 0.3) is 0 Å². The molecule has 1 atom stereocenters. The van der Waals surface area contributed by atoms with Gasteiger partial charge in [-0.2, -0.15) is 0 Å². The highest BCUT2D eigenvalue weighted by atomic mass is 19.1. The van der Waals surface area contributed by atoms with Crippen LogP contribution in [0.4, 0.5) is 4.39 Å². The van der Waals surface area contributed by atoms with Gasteiger partial charge >= 0.3 is 0 Å². The summed E-state index contributed by atoms with van der Waals surface area (Å²) in [6.45, 7) is 1.97. The molecule has 21 heavy (non-hydrogen) atoms. The minimum Gasteiger partial charge on any atom is -0.271 e. The van der Waals surface area contributed by atoms with Gasteiger partial charge in [-0.3, -0.25) is 5.84 Å². The van der Waals surface area contributed by atoms with E-state index in [2.05, 4.69) is 29.7 Å². The van der Waals surface area contributed by atoms with E-state index in [-0.39, 0.29) is 11.9 Å². The van der Waals surface area contributed by atoms with E-state index in [0.717, 1.165) is 22.6 Å². The lowest BCUT2D eigenvalue weighted by atomic mass is 9.79. The lowest BCUT2D eigenvalue weighted by molar-refractivity contribution is 0.419. The molecule has 2 aromatic carbocycles. The van der Waals surface area contributed by atoms with Crippen LogP contribution in [0, 0.1) is 12.7 Å². The largest absolute Gasteiger partial charge is 0.271 e. The third-order valence-corrected chi connectivity index (χ3v) is 4.57. The van der Waals surface area contributed by atoms with Crippen molar-refractivity contribution in [3.05, 3.63) is 70.5 Å². The Bertz CT molecular complexity index is 618. The number of hydrogen-bond acceptors (Lipinski definition) is 2. The van der Waals surface area contributed by atoms with E-state index in [1.165, 1.54) is 30.9 Å². The quantitative estimate of drug-likeness (QED) is 0.659. The zero-order valence-electron chi connectivity index (χ0n) is 12.3. The summed E-state index contributed by atoms with van der Waals surface area (Å²) in [5, 5.41) is 0. The summed E-state index contributed by atoms with van der Waals surface area (Å²) in [4.78, 5) is 0. The molecule has 3 heteroatoms. The first-order valence-electron chi connectivity index (χ1n) is 7.51. The van der Waals surface area contributed by atoms with Gasteiger partial charge in [0.05, 0.1) is 6.04 Å². The van der Waals surface area contributed by atoms with Crippen molar-refractivity contribution in [3.8, 4) is 0 Å². The van der Waals surface area contributed by atoms with Gasteiger partial charge < -0.3 is 0 Å². The van der Waals surface area contributed by atoms with E-state index in [0.29, 0.717) is 0 Å². The van der Waals surface area contributed by atoms with Crippen molar-refractivity contribution in [2.75, 3.05) is 0 Å². The normalized spacial score (nSPS) is 16.5. The Kier molecular flexibility index (Phi) is 4.04. The number of hydrogen-bond donors (Lipinski definition) is 2. The van der Waals surface area contributed by atoms with E-state index < -0.39 is 0 Å². The fourth-order valence-corrected chi connectivity index (χ4v) is 2.99. The molecule has 0 aromatic heterocycles. The van der Waals surface area contributed by atoms with Crippen molar-refractivity contribution >= 4 is 0 Å². The maximum Gasteiger partial charge on any atom is 0.123 e. The zero-order valence-corrected chi connectivity index (χ0v) is 12.3. The Morgan fingerprint density at radius 1 is 1.14 bits per heavy atom. The Morgan fingerprint density at radius 3 is 2.43 bits per heavy atom. The lowest BCUT2D eigenvalue weighted by Gasteiger charge is -2.26. The van der Waals surface area contributed by atoms with E-state index in [9.17, 15) is 4.39 Å². The lowest BCUT2D eigenvalue weighted by Crippen LogP contribution is -2.29. The summed E-state index contributed by atoms with van der Waals surface area (Å²) < 4.78 is 13.5. The van der Waals surface area contributed by atoms with Crippen molar-refractivity contribution in [1.29, 1.82) is 0 Å². The topological polar surface area (TPSA) is 38.0 Å². The number of nitrogens with two attached hydrogens (primary N) is 1. The monoisotopic (exact) mass is 284 g/mol. The number of hydrazine groups is 1. The van der Waals surface area contributed by atoms with Crippen LogP contribution in [0.1, 0.15) is 53.5 Å². The minimum absolute atomic E-state index is 0.184. The first-order valence-corrected chi connectivity index (χ1v) is 7.51. The van der Waals surface area contributed by atoms with Crippen LogP contribution in [0.3, 0.4) is 0 Å². The van der Waals surface area contributed by atoms with Crippen molar-refractivity contribution in [1.82, 2.24) is 5.43 Å². The molecule has 2 nitrogen and oxygen atoms in total. The molecular formula is C18H21FN2. The number of rotatable bonds is 4. The van der Waals surface area contributed by atoms with Crippen LogP contribution in [-0.4, -0.2) is 0 Å². The number of benzene rings is 2. The van der Waals surface area contributed by atoms with E-state index in [1.54, 1.807) is 12.1 Å². The van der Waals surface area contributed by atoms with Crippen LogP contribution in [0.5, 0.6) is 0 Å². The summed E-state index contributed by atoms with van der Waals surface area (Å²) in [7, 11) is 0. The SMILES string of the molecule is Cc1ccc(F)cc1C(NN)c1ccc(C2CCC2)cc1. The second kappa shape index (κ2) is 5.96. The van der Waals surface area contributed by atoms with Crippen molar-refractivity contribution < 1.29 is 4.39 Å². The van der Waals surface area contributed by atoms with Gasteiger partial charge in [0.2, 0.25) is 0 Å². The van der Waals surface area contributed by atoms with Crippen molar-refractivity contribution in [2.24, 2.45) is 5.84 Å². The molecule has 110 valence electrons. The first-order chi connectivity index (χ1) is 10.2. The molecule has 0 radical (unpaired) electrons. The molecule has 1 aliphatic carbocycles. The molecule has 3 rings (SSSR count). The third-order valence-electron chi connectivity index (χ3n) is 4.57. The van der Waals surface area contributed by atoms with Crippen LogP contribution in [-0.2, 0) is 0 Å². The molecule has 1 unspecified atom stereocenters. The van der Waals surface area contributed by atoms with Gasteiger partial charge in [-0.1, -0.05) is 36.8 Å². The Hall–Kier alpha value is -1.71. The van der Waals surface area contributed by atoms with Gasteiger partial charge in [-0.25, -0.2) is 9.82 Å². The van der Waals surface area contributed by atoms with Crippen molar-refractivity contribution in [3.63, 3.8) is 0 Å². The molecule has 0 heterocycles. The molecule has 2 aromatic rings. The molecule has 1 saturated carbocycles. The maximum atomic E-state index is 13.5. The van der Waals surface area contributed by atoms with E-state index in [1.807, 2.05) is 6.92 Å². The molecule has 0 aliphatic heterocycles. The van der Waals surface area contributed by atoms with Gasteiger partial charge in [0.15, 0.2) is 0 Å². The van der Waals surface area contributed by atoms with E-state index in [4.69, 9.17) is 5.84 Å². The van der Waals surface area contributed by atoms with Gasteiger partial charge in [0, 0.05) is 0 Å². The predicted molar refractivity (Wildman–Crippen MR) is 83.3 cm³/mol. The second-order valence-corrected chi connectivity index (χ2v) is 5.90. The average molecular weight is 284 g/mol. The Morgan fingerprint density at radius 2 is 1.86 bits per heavy atom. The number of halogens is 1. The molecule has 1 aliphatic rings. The molecule has 3 N–H and O–H groups in total. The van der Waals surface area contributed by atoms with Gasteiger partial charge in [-0.05, 0) is 60.1 Å². The van der Waals surface area contributed by atoms with Crippen LogP contribution < -0.4 is 11.3 Å².